The van der Waals surface area contributed by atoms with Crippen LogP contribution in [0, 0.1) is 5.92 Å². The number of nitrogens with one attached hydrogen (secondary N) is 1. The Balaban J connectivity index is 2.03. The number of hydrogen-bond acceptors (Lipinski definition) is 2. The van der Waals surface area contributed by atoms with Gasteiger partial charge in [-0.05, 0) is 39.7 Å². The van der Waals surface area contributed by atoms with Crippen LogP contribution >= 0.6 is 0 Å². The minimum absolute atomic E-state index is 0.499. The van der Waals surface area contributed by atoms with E-state index in [1.165, 1.54) is 12.8 Å². The molecule has 2 heteroatoms. The third-order valence-electron chi connectivity index (χ3n) is 3.52. The minimum atomic E-state index is 0.499. The monoisotopic (exact) mass is 154 g/mol. The van der Waals surface area contributed by atoms with Gasteiger partial charge < -0.3 is 0 Å². The molecule has 2 rings (SSSR count). The van der Waals surface area contributed by atoms with E-state index in [4.69, 9.17) is 0 Å². The fourth-order valence-corrected chi connectivity index (χ4v) is 2.07. The topological polar surface area (TPSA) is 15.3 Å². The maximum absolute atomic E-state index is 3.60. The van der Waals surface area contributed by atoms with E-state index in [0.29, 0.717) is 5.54 Å². The van der Waals surface area contributed by atoms with Crippen LogP contribution in [-0.4, -0.2) is 30.2 Å². The minimum Gasteiger partial charge on any atom is -0.299 e. The zero-order chi connectivity index (χ0) is 8.06. The van der Waals surface area contributed by atoms with E-state index in [-0.39, 0.29) is 0 Å². The van der Waals surface area contributed by atoms with Crippen molar-refractivity contribution in [3.8, 4) is 0 Å². The normalized spacial score (nSPS) is 51.5. The van der Waals surface area contributed by atoms with Gasteiger partial charge in [0.05, 0.1) is 0 Å². The van der Waals surface area contributed by atoms with Gasteiger partial charge in [0.15, 0.2) is 0 Å². The first kappa shape index (κ1) is 7.56. The van der Waals surface area contributed by atoms with Gasteiger partial charge >= 0.3 is 0 Å². The Morgan fingerprint density at radius 2 is 2.27 bits per heavy atom. The van der Waals surface area contributed by atoms with Crippen LogP contribution < -0.4 is 5.32 Å². The molecule has 0 bridgehead atoms. The molecule has 0 amide bonds. The molecular formula is C9H18N2. The van der Waals surface area contributed by atoms with E-state index in [2.05, 4.69) is 31.1 Å². The van der Waals surface area contributed by atoms with Gasteiger partial charge in [-0.2, -0.15) is 0 Å². The smallest absolute Gasteiger partial charge is 0.0484 e. The summed E-state index contributed by atoms with van der Waals surface area (Å²) in [6, 6.07) is 0.761. The lowest BCUT2D eigenvalue weighted by Gasteiger charge is -2.22. The number of nitrogens with zero attached hydrogens (tertiary/aromatic N) is 1. The lowest BCUT2D eigenvalue weighted by atomic mass is 10.1. The van der Waals surface area contributed by atoms with Gasteiger partial charge in [-0.25, -0.2) is 0 Å². The van der Waals surface area contributed by atoms with E-state index < -0.39 is 0 Å². The van der Waals surface area contributed by atoms with E-state index in [0.717, 1.165) is 18.6 Å². The quantitative estimate of drug-likeness (QED) is 0.561. The van der Waals surface area contributed by atoms with Crippen molar-refractivity contribution in [1.29, 1.82) is 0 Å². The van der Waals surface area contributed by atoms with Crippen molar-refractivity contribution in [2.45, 2.75) is 38.3 Å². The van der Waals surface area contributed by atoms with Crippen molar-refractivity contribution in [1.82, 2.24) is 10.2 Å². The summed E-state index contributed by atoms with van der Waals surface area (Å²) in [7, 11) is 2.20. The second kappa shape index (κ2) is 2.20. The summed E-state index contributed by atoms with van der Waals surface area (Å²) < 4.78 is 0. The number of rotatable bonds is 0. The van der Waals surface area contributed by atoms with Crippen LogP contribution in [0.25, 0.3) is 0 Å². The summed E-state index contributed by atoms with van der Waals surface area (Å²) in [4.78, 5) is 2.40. The number of hydrogen-bond donors (Lipinski definition) is 1. The molecule has 1 heterocycles. The highest BCUT2D eigenvalue weighted by Crippen LogP contribution is 2.47. The van der Waals surface area contributed by atoms with Crippen LogP contribution in [0.2, 0.25) is 0 Å². The molecule has 0 aromatic heterocycles. The maximum Gasteiger partial charge on any atom is 0.0484 e. The summed E-state index contributed by atoms with van der Waals surface area (Å²) in [5.74, 6) is 0.947. The van der Waals surface area contributed by atoms with Gasteiger partial charge in [0.1, 0.15) is 0 Å². The lowest BCUT2D eigenvalue weighted by Crippen LogP contribution is -2.39. The molecule has 0 radical (unpaired) electrons. The first-order chi connectivity index (χ1) is 5.12. The predicted molar refractivity (Wildman–Crippen MR) is 46.4 cm³/mol. The molecule has 2 aliphatic rings. The van der Waals surface area contributed by atoms with Gasteiger partial charge in [-0.3, -0.25) is 10.2 Å². The largest absolute Gasteiger partial charge is 0.299 e. The van der Waals surface area contributed by atoms with Crippen LogP contribution in [0.1, 0.15) is 26.7 Å². The van der Waals surface area contributed by atoms with Crippen LogP contribution in [0.4, 0.5) is 0 Å². The molecule has 0 aromatic rings. The Kier molecular flexibility index (Phi) is 1.52. The first-order valence-corrected chi connectivity index (χ1v) is 4.57. The third kappa shape index (κ3) is 1.18. The Hall–Kier alpha value is -0.0800. The zero-order valence-corrected chi connectivity index (χ0v) is 7.72. The molecular weight excluding hydrogens is 136 g/mol. The van der Waals surface area contributed by atoms with Crippen molar-refractivity contribution in [3.63, 3.8) is 0 Å². The van der Waals surface area contributed by atoms with Crippen LogP contribution in [0.5, 0.6) is 0 Å². The van der Waals surface area contributed by atoms with Crippen molar-refractivity contribution in [2.24, 2.45) is 5.92 Å². The van der Waals surface area contributed by atoms with E-state index in [1.54, 1.807) is 0 Å². The molecule has 2 nitrogen and oxygen atoms in total. The SMILES string of the molecule is CC1CC2CC2(C)NCN1C. The van der Waals surface area contributed by atoms with E-state index >= 15 is 0 Å². The average Bonchev–Trinajstić information content (AvgIpc) is 2.57. The van der Waals surface area contributed by atoms with Crippen molar-refractivity contribution in [2.75, 3.05) is 13.7 Å². The summed E-state index contributed by atoms with van der Waals surface area (Å²) in [5.41, 5.74) is 0.499. The van der Waals surface area contributed by atoms with Gasteiger partial charge in [0.25, 0.3) is 0 Å². The highest BCUT2D eigenvalue weighted by atomic mass is 15.3. The molecule has 2 fully saturated rings. The van der Waals surface area contributed by atoms with Crippen molar-refractivity contribution < 1.29 is 0 Å². The highest BCUT2D eigenvalue weighted by molar-refractivity contribution is 5.08. The Bertz CT molecular complexity index is 169. The Morgan fingerprint density at radius 1 is 1.55 bits per heavy atom. The lowest BCUT2D eigenvalue weighted by molar-refractivity contribution is 0.237. The first-order valence-electron chi connectivity index (χ1n) is 4.57. The van der Waals surface area contributed by atoms with E-state index in [1.807, 2.05) is 0 Å². The molecule has 1 saturated carbocycles. The molecule has 64 valence electrons. The molecule has 3 unspecified atom stereocenters. The molecule has 0 aromatic carbocycles. The molecule has 0 spiro atoms. The van der Waals surface area contributed by atoms with Crippen LogP contribution in [0.15, 0.2) is 0 Å². The van der Waals surface area contributed by atoms with Gasteiger partial charge in [0, 0.05) is 18.2 Å². The highest BCUT2D eigenvalue weighted by Gasteiger charge is 2.51. The van der Waals surface area contributed by atoms with Gasteiger partial charge in [-0.1, -0.05) is 0 Å². The maximum atomic E-state index is 3.60. The predicted octanol–water partition coefficient (Wildman–Crippen LogP) is 1.04. The van der Waals surface area contributed by atoms with Crippen LogP contribution in [-0.2, 0) is 0 Å². The fourth-order valence-electron chi connectivity index (χ4n) is 2.07. The summed E-state index contributed by atoms with van der Waals surface area (Å²) in [5, 5.41) is 3.60. The molecule has 1 aliphatic carbocycles. The van der Waals surface area contributed by atoms with Crippen molar-refractivity contribution in [3.05, 3.63) is 0 Å². The van der Waals surface area contributed by atoms with Crippen molar-refractivity contribution >= 4 is 0 Å². The molecule has 1 aliphatic heterocycles. The molecule has 1 N–H and O–H groups in total. The second-order valence-electron chi connectivity index (χ2n) is 4.50. The fraction of sp³-hybridized carbons (Fsp3) is 1.00. The Morgan fingerprint density at radius 3 is 3.00 bits per heavy atom. The summed E-state index contributed by atoms with van der Waals surface area (Å²) in [6.45, 7) is 5.74. The van der Waals surface area contributed by atoms with Gasteiger partial charge in [-0.15, -0.1) is 0 Å². The number of fused-ring (bicyclic) bond motifs is 1. The third-order valence-corrected chi connectivity index (χ3v) is 3.52. The Labute approximate surface area is 69.0 Å². The summed E-state index contributed by atoms with van der Waals surface area (Å²) >= 11 is 0. The molecule has 3 atom stereocenters. The van der Waals surface area contributed by atoms with Gasteiger partial charge in [0.2, 0.25) is 0 Å². The summed E-state index contributed by atoms with van der Waals surface area (Å²) in [6.07, 6.45) is 2.77. The zero-order valence-electron chi connectivity index (χ0n) is 7.72. The molecule has 11 heavy (non-hydrogen) atoms. The van der Waals surface area contributed by atoms with Crippen LogP contribution in [0.3, 0.4) is 0 Å². The standard InChI is InChI=1S/C9H18N2/c1-7-4-8-5-9(8,2)10-6-11(7)3/h7-8,10H,4-6H2,1-3H3. The van der Waals surface area contributed by atoms with E-state index in [9.17, 15) is 0 Å². The molecule has 1 saturated heterocycles. The second-order valence-corrected chi connectivity index (χ2v) is 4.50. The average molecular weight is 154 g/mol.